The number of nitrogens with one attached hydrogen (secondary N) is 3. The first kappa shape index (κ1) is 22.9. The largest absolute Gasteiger partial charge is 0.486 e. The summed E-state index contributed by atoms with van der Waals surface area (Å²) >= 11 is 0. The summed E-state index contributed by atoms with van der Waals surface area (Å²) in [6.07, 6.45) is 0.503. The molecule has 0 spiro atoms. The predicted octanol–water partition coefficient (Wildman–Crippen LogP) is 3.89. The maximum absolute atomic E-state index is 13.7. The molecule has 0 aliphatic rings. The Labute approximate surface area is 187 Å². The highest BCUT2D eigenvalue weighted by Gasteiger charge is 2.08. The summed E-state index contributed by atoms with van der Waals surface area (Å²) in [5.74, 6) is 1.51. The van der Waals surface area contributed by atoms with Crippen molar-refractivity contribution in [3.63, 3.8) is 0 Å². The summed E-state index contributed by atoms with van der Waals surface area (Å²) in [5.41, 5.74) is 2.01. The lowest BCUT2D eigenvalue weighted by atomic mass is 10.3. The van der Waals surface area contributed by atoms with Gasteiger partial charge in [0, 0.05) is 19.5 Å². The van der Waals surface area contributed by atoms with Crippen LogP contribution in [-0.2, 0) is 6.42 Å². The van der Waals surface area contributed by atoms with E-state index in [4.69, 9.17) is 4.74 Å². The van der Waals surface area contributed by atoms with E-state index in [1.54, 1.807) is 18.2 Å². The summed E-state index contributed by atoms with van der Waals surface area (Å²) in [7, 11) is 0. The number of imidazole rings is 1. The third-order valence-corrected chi connectivity index (χ3v) is 4.11. The van der Waals surface area contributed by atoms with Crippen LogP contribution >= 0.6 is 24.0 Å². The molecule has 0 aliphatic heterocycles. The van der Waals surface area contributed by atoms with Gasteiger partial charge in [0.1, 0.15) is 11.9 Å². The maximum atomic E-state index is 13.7. The van der Waals surface area contributed by atoms with Crippen LogP contribution in [0, 0.1) is 5.82 Å². The SMILES string of the molecule is CCNC(=NCC(C)Oc1ccccc1F)NCCc1nc2ccccc2[nH]1.I. The Morgan fingerprint density at radius 2 is 1.93 bits per heavy atom. The van der Waals surface area contributed by atoms with E-state index in [1.165, 1.54) is 6.07 Å². The number of aromatic nitrogens is 2. The second-order valence-corrected chi connectivity index (χ2v) is 6.46. The molecule has 0 amide bonds. The first-order valence-electron chi connectivity index (χ1n) is 9.52. The van der Waals surface area contributed by atoms with Gasteiger partial charge in [-0.15, -0.1) is 24.0 Å². The quantitative estimate of drug-likeness (QED) is 0.244. The van der Waals surface area contributed by atoms with Crippen LogP contribution in [0.2, 0.25) is 0 Å². The van der Waals surface area contributed by atoms with Crippen LogP contribution < -0.4 is 15.4 Å². The molecule has 6 nitrogen and oxygen atoms in total. The predicted molar refractivity (Wildman–Crippen MR) is 126 cm³/mol. The third kappa shape index (κ3) is 6.88. The van der Waals surface area contributed by atoms with Crippen molar-refractivity contribution in [2.24, 2.45) is 4.99 Å². The molecular weight excluding hydrogens is 484 g/mol. The van der Waals surface area contributed by atoms with E-state index in [-0.39, 0.29) is 41.6 Å². The third-order valence-electron chi connectivity index (χ3n) is 4.11. The molecule has 1 aromatic heterocycles. The van der Waals surface area contributed by atoms with Crippen molar-refractivity contribution in [2.75, 3.05) is 19.6 Å². The first-order chi connectivity index (χ1) is 13.7. The molecule has 0 radical (unpaired) electrons. The van der Waals surface area contributed by atoms with Crippen molar-refractivity contribution < 1.29 is 9.13 Å². The Morgan fingerprint density at radius 3 is 2.69 bits per heavy atom. The topological polar surface area (TPSA) is 74.3 Å². The first-order valence-corrected chi connectivity index (χ1v) is 9.52. The van der Waals surface area contributed by atoms with Crippen molar-refractivity contribution in [1.82, 2.24) is 20.6 Å². The lowest BCUT2D eigenvalue weighted by molar-refractivity contribution is 0.220. The Bertz CT molecular complexity index is 897. The number of rotatable bonds is 8. The van der Waals surface area contributed by atoms with Gasteiger partial charge in [0.25, 0.3) is 0 Å². The minimum atomic E-state index is -0.366. The molecule has 0 saturated heterocycles. The van der Waals surface area contributed by atoms with Crippen LogP contribution in [-0.4, -0.2) is 41.7 Å². The number of nitrogens with zero attached hydrogens (tertiary/aromatic N) is 2. The van der Waals surface area contributed by atoms with Gasteiger partial charge >= 0.3 is 0 Å². The van der Waals surface area contributed by atoms with Gasteiger partial charge in [-0.2, -0.15) is 0 Å². The molecule has 1 atom stereocenters. The molecule has 156 valence electrons. The molecule has 0 aliphatic carbocycles. The number of hydrogen-bond acceptors (Lipinski definition) is 3. The van der Waals surface area contributed by atoms with Crippen LogP contribution in [0.5, 0.6) is 5.75 Å². The summed E-state index contributed by atoms with van der Waals surface area (Å²) < 4.78 is 19.3. The zero-order valence-electron chi connectivity index (χ0n) is 16.6. The second kappa shape index (κ2) is 11.6. The molecule has 1 heterocycles. The lowest BCUT2D eigenvalue weighted by Crippen LogP contribution is -2.39. The van der Waals surface area contributed by atoms with Crippen molar-refractivity contribution >= 4 is 41.0 Å². The Balaban J connectivity index is 0.00000300. The molecule has 0 bridgehead atoms. The summed E-state index contributed by atoms with van der Waals surface area (Å²) in [6.45, 7) is 5.73. The van der Waals surface area contributed by atoms with Crippen LogP contribution in [0.3, 0.4) is 0 Å². The van der Waals surface area contributed by atoms with Gasteiger partial charge in [-0.3, -0.25) is 0 Å². The van der Waals surface area contributed by atoms with E-state index >= 15 is 0 Å². The van der Waals surface area contributed by atoms with Crippen molar-refractivity contribution in [1.29, 1.82) is 0 Å². The molecule has 1 unspecified atom stereocenters. The molecule has 3 rings (SSSR count). The van der Waals surface area contributed by atoms with Gasteiger partial charge in [-0.1, -0.05) is 24.3 Å². The van der Waals surface area contributed by atoms with Gasteiger partial charge in [0.2, 0.25) is 0 Å². The lowest BCUT2D eigenvalue weighted by Gasteiger charge is -2.15. The van der Waals surface area contributed by atoms with Gasteiger partial charge in [0.05, 0.1) is 17.6 Å². The number of benzene rings is 2. The Hall–Kier alpha value is -2.36. The number of halogens is 2. The summed E-state index contributed by atoms with van der Waals surface area (Å²) in [5, 5.41) is 6.50. The number of aromatic amines is 1. The fourth-order valence-corrected chi connectivity index (χ4v) is 2.78. The van der Waals surface area contributed by atoms with Crippen LogP contribution in [0.25, 0.3) is 11.0 Å². The zero-order valence-corrected chi connectivity index (χ0v) is 18.9. The highest BCUT2D eigenvalue weighted by atomic mass is 127. The van der Waals surface area contributed by atoms with Gasteiger partial charge in [-0.05, 0) is 38.1 Å². The minimum Gasteiger partial charge on any atom is -0.486 e. The Morgan fingerprint density at radius 1 is 1.17 bits per heavy atom. The highest BCUT2D eigenvalue weighted by Crippen LogP contribution is 2.17. The van der Waals surface area contributed by atoms with E-state index in [0.29, 0.717) is 19.0 Å². The number of guanidine groups is 1. The normalized spacial score (nSPS) is 12.3. The second-order valence-electron chi connectivity index (χ2n) is 6.46. The number of aliphatic imine (C=N–C) groups is 1. The molecule has 2 aromatic carbocycles. The summed E-state index contributed by atoms with van der Waals surface area (Å²) in [4.78, 5) is 12.4. The highest BCUT2D eigenvalue weighted by molar-refractivity contribution is 14.0. The van der Waals surface area contributed by atoms with Crippen LogP contribution in [0.1, 0.15) is 19.7 Å². The Kier molecular flexibility index (Phi) is 9.17. The monoisotopic (exact) mass is 511 g/mol. The van der Waals surface area contributed by atoms with Gasteiger partial charge in [-0.25, -0.2) is 14.4 Å². The average molecular weight is 511 g/mol. The minimum absolute atomic E-state index is 0. The van der Waals surface area contributed by atoms with Crippen molar-refractivity contribution in [2.45, 2.75) is 26.4 Å². The molecule has 29 heavy (non-hydrogen) atoms. The van der Waals surface area contributed by atoms with Crippen molar-refractivity contribution in [3.8, 4) is 5.75 Å². The van der Waals surface area contributed by atoms with E-state index in [9.17, 15) is 4.39 Å². The number of fused-ring (bicyclic) bond motifs is 1. The molecule has 3 aromatic rings. The fraction of sp³-hybridized carbons (Fsp3) is 0.333. The zero-order chi connectivity index (χ0) is 19.8. The average Bonchev–Trinajstić information content (AvgIpc) is 3.11. The van der Waals surface area contributed by atoms with E-state index in [0.717, 1.165) is 29.8 Å². The van der Waals surface area contributed by atoms with E-state index in [2.05, 4.69) is 25.6 Å². The molecular formula is C21H27FIN5O. The van der Waals surface area contributed by atoms with E-state index in [1.807, 2.05) is 38.1 Å². The molecule has 3 N–H and O–H groups in total. The van der Waals surface area contributed by atoms with Crippen LogP contribution in [0.15, 0.2) is 53.5 Å². The van der Waals surface area contributed by atoms with Crippen LogP contribution in [0.4, 0.5) is 4.39 Å². The number of hydrogen-bond donors (Lipinski definition) is 3. The smallest absolute Gasteiger partial charge is 0.191 e. The van der Waals surface area contributed by atoms with Crippen molar-refractivity contribution in [3.05, 3.63) is 60.2 Å². The number of para-hydroxylation sites is 3. The summed E-state index contributed by atoms with van der Waals surface area (Å²) in [6, 6.07) is 14.4. The molecule has 0 fully saturated rings. The van der Waals surface area contributed by atoms with E-state index < -0.39 is 0 Å². The number of H-pyrrole nitrogens is 1. The maximum Gasteiger partial charge on any atom is 0.191 e. The molecule has 8 heteroatoms. The number of ether oxygens (including phenoxy) is 1. The van der Waals surface area contributed by atoms with Gasteiger partial charge < -0.3 is 20.4 Å². The standard InChI is InChI=1S/C21H26FN5O.HI/c1-3-23-21(25-14-15(2)28-19-11-7-4-8-16(19)22)24-13-12-20-26-17-9-5-6-10-18(17)27-20;/h4-11,15H,3,12-14H2,1-2H3,(H,26,27)(H2,23,24,25);1H. The molecule has 0 saturated carbocycles. The fourth-order valence-electron chi connectivity index (χ4n) is 2.78. The van der Waals surface area contributed by atoms with Gasteiger partial charge in [0.15, 0.2) is 17.5 Å².